The molecule has 2 nitrogen and oxygen atoms in total. The third kappa shape index (κ3) is 2.89. The molecule has 0 aliphatic carbocycles. The zero-order valence-electron chi connectivity index (χ0n) is 11.8. The van der Waals surface area contributed by atoms with Crippen molar-refractivity contribution in [1.29, 1.82) is 0 Å². The van der Waals surface area contributed by atoms with Crippen LogP contribution in [0.1, 0.15) is 33.6 Å². The van der Waals surface area contributed by atoms with Crippen LogP contribution in [0.3, 0.4) is 0 Å². The topological polar surface area (TPSA) is 15.3 Å². The first-order chi connectivity index (χ1) is 8.99. The molecule has 0 saturated carbocycles. The van der Waals surface area contributed by atoms with E-state index in [9.17, 15) is 8.78 Å². The largest absolute Gasteiger partial charge is 0.366 e. The van der Waals surface area contributed by atoms with E-state index >= 15 is 0 Å². The van der Waals surface area contributed by atoms with Gasteiger partial charge in [-0.3, -0.25) is 0 Å². The minimum Gasteiger partial charge on any atom is -0.366 e. The van der Waals surface area contributed by atoms with Crippen molar-refractivity contribution >= 4 is 5.69 Å². The summed E-state index contributed by atoms with van der Waals surface area (Å²) in [6, 6.07) is 3.98. The highest BCUT2D eigenvalue weighted by Gasteiger charge is 2.35. The van der Waals surface area contributed by atoms with Crippen LogP contribution in [0.4, 0.5) is 14.5 Å². The molecule has 0 bridgehead atoms. The number of halogens is 2. The van der Waals surface area contributed by atoms with E-state index in [0.717, 1.165) is 32.0 Å². The van der Waals surface area contributed by atoms with Gasteiger partial charge in [-0.15, -0.1) is 0 Å². The van der Waals surface area contributed by atoms with Gasteiger partial charge in [-0.05, 0) is 31.9 Å². The lowest BCUT2D eigenvalue weighted by atomic mass is 9.88. The Morgan fingerprint density at radius 1 is 1.21 bits per heavy atom. The first kappa shape index (κ1) is 14.3. The number of nitrogens with zero attached hydrogens (tertiary/aromatic N) is 1. The summed E-state index contributed by atoms with van der Waals surface area (Å²) in [5, 5.41) is 3.58. The molecule has 1 N–H and O–H groups in total. The van der Waals surface area contributed by atoms with Crippen LogP contribution in [0.2, 0.25) is 0 Å². The summed E-state index contributed by atoms with van der Waals surface area (Å²) < 4.78 is 26.8. The standard InChI is InChI=1S/C15H22F2N2/c1-4-15(5-2)10-19(11(3)9-18-15)14-7-12(16)6-13(17)8-14/h6-8,11,18H,4-5,9-10H2,1-3H3. The molecule has 0 aromatic heterocycles. The van der Waals surface area contributed by atoms with Gasteiger partial charge in [0.25, 0.3) is 0 Å². The van der Waals surface area contributed by atoms with Crippen molar-refractivity contribution in [3.8, 4) is 0 Å². The SMILES string of the molecule is CCC1(CC)CN(c2cc(F)cc(F)c2)C(C)CN1. The van der Waals surface area contributed by atoms with E-state index in [1.54, 1.807) is 0 Å². The molecular weight excluding hydrogens is 246 g/mol. The monoisotopic (exact) mass is 268 g/mol. The molecule has 1 atom stereocenters. The van der Waals surface area contributed by atoms with E-state index in [-0.39, 0.29) is 11.6 Å². The van der Waals surface area contributed by atoms with Gasteiger partial charge in [-0.2, -0.15) is 0 Å². The molecule has 1 heterocycles. The quantitative estimate of drug-likeness (QED) is 0.904. The Labute approximate surface area is 113 Å². The normalized spacial score (nSPS) is 22.6. The molecule has 1 aromatic carbocycles. The van der Waals surface area contributed by atoms with Gasteiger partial charge in [0.2, 0.25) is 0 Å². The molecule has 1 aliphatic rings. The fourth-order valence-corrected chi connectivity index (χ4v) is 2.79. The van der Waals surface area contributed by atoms with Crippen molar-refractivity contribution in [2.45, 2.75) is 45.2 Å². The van der Waals surface area contributed by atoms with Crippen molar-refractivity contribution in [1.82, 2.24) is 5.32 Å². The van der Waals surface area contributed by atoms with Gasteiger partial charge in [-0.25, -0.2) is 8.78 Å². The predicted molar refractivity (Wildman–Crippen MR) is 74.5 cm³/mol. The summed E-state index contributed by atoms with van der Waals surface area (Å²) in [4.78, 5) is 2.11. The Morgan fingerprint density at radius 3 is 2.32 bits per heavy atom. The first-order valence-corrected chi connectivity index (χ1v) is 6.97. The van der Waals surface area contributed by atoms with Crippen molar-refractivity contribution in [3.63, 3.8) is 0 Å². The third-order valence-electron chi connectivity index (χ3n) is 4.31. The maximum absolute atomic E-state index is 13.4. The highest BCUT2D eigenvalue weighted by molar-refractivity contribution is 5.49. The minimum absolute atomic E-state index is 0.0370. The van der Waals surface area contributed by atoms with Crippen LogP contribution in [0.5, 0.6) is 0 Å². The van der Waals surface area contributed by atoms with Gasteiger partial charge in [-0.1, -0.05) is 13.8 Å². The number of benzene rings is 1. The Morgan fingerprint density at radius 2 is 1.79 bits per heavy atom. The molecule has 1 aromatic rings. The highest BCUT2D eigenvalue weighted by Crippen LogP contribution is 2.28. The summed E-state index contributed by atoms with van der Waals surface area (Å²) in [5.74, 6) is -1.03. The summed E-state index contributed by atoms with van der Waals surface area (Å²) in [7, 11) is 0. The summed E-state index contributed by atoms with van der Waals surface area (Å²) in [6.07, 6.45) is 2.01. The highest BCUT2D eigenvalue weighted by atomic mass is 19.1. The average Bonchev–Trinajstić information content (AvgIpc) is 2.39. The minimum atomic E-state index is -0.515. The van der Waals surface area contributed by atoms with Gasteiger partial charge in [0, 0.05) is 36.4 Å². The molecular formula is C15H22F2N2. The molecule has 19 heavy (non-hydrogen) atoms. The number of piperazine rings is 1. The molecule has 0 spiro atoms. The molecule has 1 fully saturated rings. The van der Waals surface area contributed by atoms with E-state index in [0.29, 0.717) is 5.69 Å². The van der Waals surface area contributed by atoms with Gasteiger partial charge >= 0.3 is 0 Å². The molecule has 1 saturated heterocycles. The Bertz CT molecular complexity index is 424. The Balaban J connectivity index is 2.30. The van der Waals surface area contributed by atoms with Crippen molar-refractivity contribution in [2.24, 2.45) is 0 Å². The van der Waals surface area contributed by atoms with Crippen LogP contribution < -0.4 is 10.2 Å². The maximum Gasteiger partial charge on any atom is 0.128 e. The molecule has 1 unspecified atom stereocenters. The van der Waals surface area contributed by atoms with Crippen molar-refractivity contribution in [3.05, 3.63) is 29.8 Å². The fraction of sp³-hybridized carbons (Fsp3) is 0.600. The van der Waals surface area contributed by atoms with Crippen LogP contribution in [-0.2, 0) is 0 Å². The first-order valence-electron chi connectivity index (χ1n) is 6.97. The summed E-state index contributed by atoms with van der Waals surface area (Å²) in [5.41, 5.74) is 0.674. The maximum atomic E-state index is 13.4. The average molecular weight is 268 g/mol. The summed E-state index contributed by atoms with van der Waals surface area (Å²) >= 11 is 0. The second kappa shape index (κ2) is 5.45. The molecule has 0 radical (unpaired) electrons. The smallest absolute Gasteiger partial charge is 0.128 e. The van der Waals surface area contributed by atoms with E-state index < -0.39 is 11.6 Å². The molecule has 106 valence electrons. The van der Waals surface area contributed by atoms with Crippen LogP contribution in [0, 0.1) is 11.6 Å². The Kier molecular flexibility index (Phi) is 4.09. The van der Waals surface area contributed by atoms with Crippen molar-refractivity contribution < 1.29 is 8.78 Å². The van der Waals surface area contributed by atoms with E-state index in [4.69, 9.17) is 0 Å². The molecule has 4 heteroatoms. The van der Waals surface area contributed by atoms with Crippen LogP contribution in [0.25, 0.3) is 0 Å². The van der Waals surface area contributed by atoms with Gasteiger partial charge in [0.15, 0.2) is 0 Å². The second-order valence-corrected chi connectivity index (χ2v) is 5.47. The van der Waals surface area contributed by atoms with E-state index in [1.165, 1.54) is 12.1 Å². The van der Waals surface area contributed by atoms with Gasteiger partial charge < -0.3 is 10.2 Å². The van der Waals surface area contributed by atoms with Gasteiger partial charge in [0.05, 0.1) is 0 Å². The third-order valence-corrected chi connectivity index (χ3v) is 4.31. The summed E-state index contributed by atoms with van der Waals surface area (Å²) in [6.45, 7) is 7.99. The van der Waals surface area contributed by atoms with Crippen LogP contribution >= 0.6 is 0 Å². The number of nitrogens with one attached hydrogen (secondary N) is 1. The van der Waals surface area contributed by atoms with Crippen LogP contribution in [-0.4, -0.2) is 24.7 Å². The fourth-order valence-electron chi connectivity index (χ4n) is 2.79. The Hall–Kier alpha value is -1.16. The molecule has 0 amide bonds. The predicted octanol–water partition coefficient (Wildman–Crippen LogP) is 3.32. The lowest BCUT2D eigenvalue weighted by molar-refractivity contribution is 0.253. The zero-order chi connectivity index (χ0) is 14.0. The number of hydrogen-bond donors (Lipinski definition) is 1. The zero-order valence-corrected chi connectivity index (χ0v) is 11.8. The number of rotatable bonds is 3. The van der Waals surface area contributed by atoms with E-state index in [2.05, 4.69) is 31.0 Å². The molecule has 2 rings (SSSR count). The van der Waals surface area contributed by atoms with Gasteiger partial charge in [0.1, 0.15) is 11.6 Å². The van der Waals surface area contributed by atoms with Crippen molar-refractivity contribution in [2.75, 3.05) is 18.0 Å². The lowest BCUT2D eigenvalue weighted by Crippen LogP contribution is -2.63. The molecule has 1 aliphatic heterocycles. The second-order valence-electron chi connectivity index (χ2n) is 5.47. The van der Waals surface area contributed by atoms with E-state index in [1.807, 2.05) is 0 Å². The van der Waals surface area contributed by atoms with Crippen LogP contribution in [0.15, 0.2) is 18.2 Å². The number of anilines is 1. The number of hydrogen-bond acceptors (Lipinski definition) is 2. The lowest BCUT2D eigenvalue weighted by Gasteiger charge is -2.47.